The van der Waals surface area contributed by atoms with Gasteiger partial charge in [-0.05, 0) is 49.7 Å². The molecular weight excluding hydrogens is 270 g/mol. The second kappa shape index (κ2) is 6.94. The molecule has 2 nitrogen and oxygen atoms in total. The summed E-state index contributed by atoms with van der Waals surface area (Å²) < 4.78 is 0. The molecule has 108 valence electrons. The van der Waals surface area contributed by atoms with E-state index in [9.17, 15) is 4.79 Å². The minimum Gasteiger partial charge on any atom is -0.345 e. The average molecular weight is 292 g/mol. The van der Waals surface area contributed by atoms with Gasteiger partial charge in [0.05, 0.1) is 6.04 Å². The molecule has 0 spiro atoms. The molecule has 0 aromatic heterocycles. The number of nitrogens with one attached hydrogen (secondary N) is 1. The Morgan fingerprint density at radius 2 is 1.85 bits per heavy atom. The van der Waals surface area contributed by atoms with Crippen LogP contribution in [0.15, 0.2) is 40.9 Å². The molecule has 1 fully saturated rings. The Morgan fingerprint density at radius 1 is 1.25 bits per heavy atom. The van der Waals surface area contributed by atoms with Gasteiger partial charge in [-0.25, -0.2) is 0 Å². The van der Waals surface area contributed by atoms with Crippen molar-refractivity contribution in [2.45, 2.75) is 45.6 Å². The molecule has 0 saturated heterocycles. The third kappa shape index (κ3) is 3.86. The molecule has 1 atom stereocenters. The highest BCUT2D eigenvalue weighted by atomic mass is 35.5. The molecule has 20 heavy (non-hydrogen) atoms. The topological polar surface area (TPSA) is 29.1 Å². The van der Waals surface area contributed by atoms with Crippen molar-refractivity contribution in [3.8, 4) is 0 Å². The molecule has 1 aromatic rings. The number of rotatable bonds is 3. The third-order valence-electron chi connectivity index (χ3n) is 4.03. The van der Waals surface area contributed by atoms with Crippen LogP contribution in [0.4, 0.5) is 0 Å². The van der Waals surface area contributed by atoms with Crippen molar-refractivity contribution < 1.29 is 4.79 Å². The predicted octanol–water partition coefficient (Wildman–Crippen LogP) is 4.57. The van der Waals surface area contributed by atoms with E-state index in [1.165, 1.54) is 0 Å². The molecule has 0 aliphatic heterocycles. The van der Waals surface area contributed by atoms with Gasteiger partial charge in [0.15, 0.2) is 0 Å². The van der Waals surface area contributed by atoms with Crippen molar-refractivity contribution >= 4 is 17.5 Å². The van der Waals surface area contributed by atoms with Gasteiger partial charge >= 0.3 is 0 Å². The van der Waals surface area contributed by atoms with Crippen molar-refractivity contribution in [1.82, 2.24) is 5.32 Å². The van der Waals surface area contributed by atoms with Crippen LogP contribution in [0.25, 0.3) is 0 Å². The molecular formula is C17H22ClNO. The molecule has 1 aromatic carbocycles. The number of halogens is 1. The zero-order valence-electron chi connectivity index (χ0n) is 12.2. The van der Waals surface area contributed by atoms with Gasteiger partial charge in [0.2, 0.25) is 0 Å². The normalized spacial score (nSPS) is 20.4. The monoisotopic (exact) mass is 291 g/mol. The fourth-order valence-corrected chi connectivity index (χ4v) is 2.82. The van der Waals surface area contributed by atoms with Crippen LogP contribution in [0.1, 0.15) is 51.1 Å². The van der Waals surface area contributed by atoms with E-state index >= 15 is 0 Å². The van der Waals surface area contributed by atoms with Crippen LogP contribution in [0.2, 0.25) is 0 Å². The lowest BCUT2D eigenvalue weighted by Gasteiger charge is -2.22. The lowest BCUT2D eigenvalue weighted by molar-refractivity contribution is -0.117. The maximum absolute atomic E-state index is 12.2. The summed E-state index contributed by atoms with van der Waals surface area (Å²) in [5, 5.41) is 3.38. The number of hydrogen-bond acceptors (Lipinski definition) is 1. The van der Waals surface area contributed by atoms with Gasteiger partial charge in [-0.2, -0.15) is 0 Å². The molecule has 0 radical (unpaired) electrons. The number of allylic oxidation sites excluding steroid dienone is 1. The van der Waals surface area contributed by atoms with Crippen LogP contribution in [-0.2, 0) is 4.79 Å². The number of amides is 1. The van der Waals surface area contributed by atoms with E-state index in [0.717, 1.165) is 42.7 Å². The van der Waals surface area contributed by atoms with E-state index in [2.05, 4.69) is 12.2 Å². The minimum atomic E-state index is -0.146. The van der Waals surface area contributed by atoms with Crippen LogP contribution in [0.5, 0.6) is 0 Å². The molecule has 1 amide bonds. The van der Waals surface area contributed by atoms with Gasteiger partial charge in [-0.15, -0.1) is 0 Å². The maximum Gasteiger partial charge on any atom is 0.263 e. The van der Waals surface area contributed by atoms with Crippen LogP contribution in [0.3, 0.4) is 0 Å². The fraction of sp³-hybridized carbons (Fsp3) is 0.471. The summed E-state index contributed by atoms with van der Waals surface area (Å²) in [7, 11) is 0. The summed E-state index contributed by atoms with van der Waals surface area (Å²) >= 11 is 6.26. The smallest absolute Gasteiger partial charge is 0.263 e. The highest BCUT2D eigenvalue weighted by Gasteiger charge is 2.20. The zero-order valence-corrected chi connectivity index (χ0v) is 12.9. The van der Waals surface area contributed by atoms with E-state index < -0.39 is 0 Å². The summed E-state index contributed by atoms with van der Waals surface area (Å²) in [6.07, 6.45) is 4.17. The summed E-state index contributed by atoms with van der Waals surface area (Å²) in [5.74, 6) is 0.599. The van der Waals surface area contributed by atoms with Crippen LogP contribution >= 0.6 is 11.6 Å². The Bertz CT molecular complexity index is 485. The molecule has 3 heteroatoms. The molecule has 1 aliphatic rings. The first-order valence-electron chi connectivity index (χ1n) is 7.31. The van der Waals surface area contributed by atoms with Gasteiger partial charge in [0.1, 0.15) is 5.03 Å². The van der Waals surface area contributed by atoms with Gasteiger partial charge in [0.25, 0.3) is 5.91 Å². The van der Waals surface area contributed by atoms with Crippen molar-refractivity contribution in [2.75, 3.05) is 0 Å². The summed E-state index contributed by atoms with van der Waals surface area (Å²) in [6, 6.07) is 9.90. The average Bonchev–Trinajstić information content (AvgIpc) is 2.48. The Hall–Kier alpha value is -1.28. The Morgan fingerprint density at radius 3 is 2.45 bits per heavy atom. The predicted molar refractivity (Wildman–Crippen MR) is 83.5 cm³/mol. The fourth-order valence-electron chi connectivity index (χ4n) is 2.58. The van der Waals surface area contributed by atoms with E-state index in [0.29, 0.717) is 5.03 Å². The zero-order chi connectivity index (χ0) is 14.5. The highest BCUT2D eigenvalue weighted by molar-refractivity contribution is 6.42. The first-order chi connectivity index (χ1) is 9.58. The van der Waals surface area contributed by atoms with Crippen LogP contribution < -0.4 is 5.32 Å². The van der Waals surface area contributed by atoms with Crippen LogP contribution in [0, 0.1) is 5.92 Å². The second-order valence-electron chi connectivity index (χ2n) is 5.71. The Labute approximate surface area is 126 Å². The van der Waals surface area contributed by atoms with E-state index in [4.69, 9.17) is 11.6 Å². The number of carbonyl (C=O) groups excluding carboxylic acids is 1. The number of hydrogen-bond donors (Lipinski definition) is 1. The van der Waals surface area contributed by atoms with Crippen molar-refractivity contribution in [3.05, 3.63) is 46.5 Å². The maximum atomic E-state index is 12.2. The highest BCUT2D eigenvalue weighted by Crippen LogP contribution is 2.31. The second-order valence-corrected chi connectivity index (χ2v) is 6.08. The summed E-state index contributed by atoms with van der Waals surface area (Å²) in [6.45, 7) is 4.23. The van der Waals surface area contributed by atoms with Crippen molar-refractivity contribution in [3.63, 3.8) is 0 Å². The lowest BCUT2D eigenvalue weighted by atomic mass is 9.87. The van der Waals surface area contributed by atoms with Crippen LogP contribution in [-0.4, -0.2) is 5.91 Å². The van der Waals surface area contributed by atoms with Gasteiger partial charge in [-0.3, -0.25) is 4.79 Å². The standard InChI is InChI=1S/C17H22ClNO/c1-12-8-10-15(11-9-12)16(18)17(20)19-13(2)14-6-4-3-5-7-14/h3-7,12-13H,8-11H2,1-2H3,(H,19,20)/t12?,13-/m1/s1. The molecule has 1 N–H and O–H groups in total. The number of carbonyl (C=O) groups is 1. The van der Waals surface area contributed by atoms with Gasteiger partial charge < -0.3 is 5.32 Å². The molecule has 1 saturated carbocycles. The van der Waals surface area contributed by atoms with Crippen molar-refractivity contribution in [1.29, 1.82) is 0 Å². The number of benzene rings is 1. The lowest BCUT2D eigenvalue weighted by Crippen LogP contribution is -2.27. The van der Waals surface area contributed by atoms with E-state index in [1.54, 1.807) is 0 Å². The molecule has 1 aliphatic carbocycles. The summed E-state index contributed by atoms with van der Waals surface area (Å²) in [5.41, 5.74) is 2.20. The first-order valence-corrected chi connectivity index (χ1v) is 7.69. The SMILES string of the molecule is CC1CCC(=C(Cl)C(=O)N[C@H](C)c2ccccc2)CC1. The first kappa shape index (κ1) is 15.1. The molecule has 0 unspecified atom stereocenters. The van der Waals surface area contributed by atoms with Crippen molar-refractivity contribution in [2.24, 2.45) is 5.92 Å². The summed E-state index contributed by atoms with van der Waals surface area (Å²) in [4.78, 5) is 12.2. The quantitative estimate of drug-likeness (QED) is 0.812. The largest absolute Gasteiger partial charge is 0.345 e. The third-order valence-corrected chi connectivity index (χ3v) is 4.47. The van der Waals surface area contributed by atoms with E-state index in [1.807, 2.05) is 37.3 Å². The molecule has 2 rings (SSSR count). The molecule has 0 bridgehead atoms. The minimum absolute atomic E-state index is 0.0273. The van der Waals surface area contributed by atoms with E-state index in [-0.39, 0.29) is 11.9 Å². The Kier molecular flexibility index (Phi) is 5.24. The van der Waals surface area contributed by atoms with Gasteiger partial charge in [0, 0.05) is 0 Å². The Balaban J connectivity index is 1.99. The van der Waals surface area contributed by atoms with Gasteiger partial charge in [-0.1, -0.05) is 48.9 Å². The molecule has 0 heterocycles.